The van der Waals surface area contributed by atoms with Crippen LogP contribution in [0.15, 0.2) is 24.3 Å². The highest BCUT2D eigenvalue weighted by Crippen LogP contribution is 2.31. The maximum absolute atomic E-state index is 12.2. The van der Waals surface area contributed by atoms with Crippen molar-refractivity contribution >= 4 is 5.91 Å². The number of ether oxygens (including phenoxy) is 2. The number of para-hydroxylation sites is 2. The molecule has 2 aliphatic rings. The Morgan fingerprint density at radius 1 is 1.15 bits per heavy atom. The Balaban J connectivity index is 1.56. The van der Waals surface area contributed by atoms with Crippen LogP contribution in [0.25, 0.3) is 0 Å². The monoisotopic (exact) mass is 277 g/mol. The van der Waals surface area contributed by atoms with Gasteiger partial charge in [-0.15, -0.1) is 0 Å². The summed E-state index contributed by atoms with van der Waals surface area (Å²) in [5.74, 6) is 1.15. The number of fused-ring (bicyclic) bond motifs is 1. The standard InChI is InChI=1S/C15H19NO4/c17-11-7-5-10(6-8-11)16-15(18)14-9-19-12-3-1-2-4-13(12)20-14/h1-4,10-11,14,17H,5-9H2,(H,16,18)/t10?,11?,14-/m0/s1. The number of hydrogen-bond donors (Lipinski definition) is 2. The van der Waals surface area contributed by atoms with Gasteiger partial charge in [-0.25, -0.2) is 0 Å². The zero-order chi connectivity index (χ0) is 13.9. The van der Waals surface area contributed by atoms with Crippen LogP contribution in [-0.2, 0) is 4.79 Å². The lowest BCUT2D eigenvalue weighted by molar-refractivity contribution is -0.131. The quantitative estimate of drug-likeness (QED) is 0.853. The van der Waals surface area contributed by atoms with Gasteiger partial charge in [0.2, 0.25) is 6.10 Å². The smallest absolute Gasteiger partial charge is 0.264 e. The molecular weight excluding hydrogens is 258 g/mol. The van der Waals surface area contributed by atoms with E-state index >= 15 is 0 Å². The molecule has 0 saturated heterocycles. The average Bonchev–Trinajstić information content (AvgIpc) is 2.49. The molecule has 1 amide bonds. The summed E-state index contributed by atoms with van der Waals surface area (Å²) in [6.07, 6.45) is 2.31. The lowest BCUT2D eigenvalue weighted by Gasteiger charge is -2.30. The number of carbonyl (C=O) groups is 1. The van der Waals surface area contributed by atoms with E-state index in [1.165, 1.54) is 0 Å². The van der Waals surface area contributed by atoms with E-state index in [9.17, 15) is 9.90 Å². The van der Waals surface area contributed by atoms with Crippen LogP contribution in [0.2, 0.25) is 0 Å². The van der Waals surface area contributed by atoms with E-state index < -0.39 is 6.10 Å². The van der Waals surface area contributed by atoms with Crippen LogP contribution in [0.5, 0.6) is 11.5 Å². The molecule has 1 aromatic rings. The van der Waals surface area contributed by atoms with Gasteiger partial charge in [0.1, 0.15) is 6.61 Å². The number of rotatable bonds is 2. The van der Waals surface area contributed by atoms with E-state index in [1.807, 2.05) is 18.2 Å². The van der Waals surface area contributed by atoms with Crippen molar-refractivity contribution in [2.75, 3.05) is 6.61 Å². The van der Waals surface area contributed by atoms with Gasteiger partial charge in [0.25, 0.3) is 5.91 Å². The molecule has 0 unspecified atom stereocenters. The number of aliphatic hydroxyl groups excluding tert-OH is 1. The fraction of sp³-hybridized carbons (Fsp3) is 0.533. The fourth-order valence-corrected chi connectivity index (χ4v) is 2.66. The molecule has 0 aromatic heterocycles. The minimum Gasteiger partial charge on any atom is -0.485 e. The van der Waals surface area contributed by atoms with E-state index in [2.05, 4.69) is 5.32 Å². The number of nitrogens with one attached hydrogen (secondary N) is 1. The van der Waals surface area contributed by atoms with Gasteiger partial charge in [-0.2, -0.15) is 0 Å². The molecule has 1 aliphatic heterocycles. The molecule has 0 radical (unpaired) electrons. The van der Waals surface area contributed by atoms with Gasteiger partial charge in [0, 0.05) is 6.04 Å². The molecule has 108 valence electrons. The van der Waals surface area contributed by atoms with Gasteiger partial charge in [0.05, 0.1) is 6.10 Å². The average molecular weight is 277 g/mol. The Morgan fingerprint density at radius 3 is 2.60 bits per heavy atom. The SMILES string of the molecule is O=C(NC1CCC(O)CC1)[C@@H]1COc2ccccc2O1. The molecule has 0 spiro atoms. The zero-order valence-electron chi connectivity index (χ0n) is 11.2. The third-order valence-corrected chi connectivity index (χ3v) is 3.84. The summed E-state index contributed by atoms with van der Waals surface area (Å²) in [6.45, 7) is 0.234. The largest absolute Gasteiger partial charge is 0.485 e. The summed E-state index contributed by atoms with van der Waals surface area (Å²) >= 11 is 0. The number of amides is 1. The van der Waals surface area contributed by atoms with Crippen LogP contribution < -0.4 is 14.8 Å². The second-order valence-electron chi connectivity index (χ2n) is 5.38. The molecule has 1 fully saturated rings. The second kappa shape index (κ2) is 5.71. The molecule has 2 N–H and O–H groups in total. The first-order valence-electron chi connectivity index (χ1n) is 7.09. The van der Waals surface area contributed by atoms with E-state index in [0.29, 0.717) is 11.5 Å². The van der Waals surface area contributed by atoms with Crippen molar-refractivity contribution in [1.82, 2.24) is 5.32 Å². The summed E-state index contributed by atoms with van der Waals surface area (Å²) in [5.41, 5.74) is 0. The van der Waals surface area contributed by atoms with Crippen molar-refractivity contribution in [2.24, 2.45) is 0 Å². The lowest BCUT2D eigenvalue weighted by Crippen LogP contribution is -2.48. The molecule has 1 aliphatic carbocycles. The fourth-order valence-electron chi connectivity index (χ4n) is 2.66. The van der Waals surface area contributed by atoms with Crippen LogP contribution >= 0.6 is 0 Å². The molecule has 3 rings (SSSR count). The van der Waals surface area contributed by atoms with Gasteiger partial charge in [0.15, 0.2) is 11.5 Å². The Kier molecular flexibility index (Phi) is 3.78. The van der Waals surface area contributed by atoms with Gasteiger partial charge < -0.3 is 19.9 Å². The minimum atomic E-state index is -0.600. The highest BCUT2D eigenvalue weighted by Gasteiger charge is 2.29. The lowest BCUT2D eigenvalue weighted by atomic mass is 9.93. The Bertz CT molecular complexity index is 483. The van der Waals surface area contributed by atoms with Crippen molar-refractivity contribution < 1.29 is 19.4 Å². The van der Waals surface area contributed by atoms with Crippen LogP contribution in [-0.4, -0.2) is 35.9 Å². The number of hydrogen-bond acceptors (Lipinski definition) is 4. The maximum Gasteiger partial charge on any atom is 0.264 e. The highest BCUT2D eigenvalue weighted by molar-refractivity contribution is 5.82. The predicted molar refractivity (Wildman–Crippen MR) is 72.8 cm³/mol. The summed E-state index contributed by atoms with van der Waals surface area (Å²) in [4.78, 5) is 12.2. The van der Waals surface area contributed by atoms with Crippen LogP contribution in [0.1, 0.15) is 25.7 Å². The maximum atomic E-state index is 12.2. The first-order chi connectivity index (χ1) is 9.72. The van der Waals surface area contributed by atoms with Crippen LogP contribution in [0.4, 0.5) is 0 Å². The second-order valence-corrected chi connectivity index (χ2v) is 5.38. The summed E-state index contributed by atoms with van der Waals surface area (Å²) in [7, 11) is 0. The number of carbonyl (C=O) groups excluding carboxylic acids is 1. The van der Waals surface area contributed by atoms with Crippen molar-refractivity contribution in [1.29, 1.82) is 0 Å². The molecule has 1 aromatic carbocycles. The third kappa shape index (κ3) is 2.88. The molecule has 0 bridgehead atoms. The van der Waals surface area contributed by atoms with Crippen molar-refractivity contribution in [3.8, 4) is 11.5 Å². The molecule has 20 heavy (non-hydrogen) atoms. The van der Waals surface area contributed by atoms with Gasteiger partial charge in [-0.1, -0.05) is 12.1 Å². The Hall–Kier alpha value is -1.75. The van der Waals surface area contributed by atoms with E-state index in [1.54, 1.807) is 6.07 Å². The van der Waals surface area contributed by atoms with E-state index in [4.69, 9.17) is 9.47 Å². The number of benzene rings is 1. The van der Waals surface area contributed by atoms with Crippen LogP contribution in [0.3, 0.4) is 0 Å². The molecule has 5 heteroatoms. The highest BCUT2D eigenvalue weighted by atomic mass is 16.6. The third-order valence-electron chi connectivity index (χ3n) is 3.84. The molecule has 5 nitrogen and oxygen atoms in total. The minimum absolute atomic E-state index is 0.131. The van der Waals surface area contributed by atoms with Gasteiger partial charge in [-0.3, -0.25) is 4.79 Å². The first kappa shape index (κ1) is 13.2. The molecule has 1 saturated carbocycles. The summed E-state index contributed by atoms with van der Waals surface area (Å²) in [5, 5.41) is 12.4. The van der Waals surface area contributed by atoms with Crippen molar-refractivity contribution in [2.45, 2.75) is 43.9 Å². The molecule has 1 atom stereocenters. The molecular formula is C15H19NO4. The van der Waals surface area contributed by atoms with Gasteiger partial charge in [-0.05, 0) is 37.8 Å². The normalized spacial score (nSPS) is 28.8. The van der Waals surface area contributed by atoms with E-state index in [0.717, 1.165) is 25.7 Å². The zero-order valence-corrected chi connectivity index (χ0v) is 11.2. The summed E-state index contributed by atoms with van der Waals surface area (Å²) < 4.78 is 11.2. The number of aliphatic hydroxyl groups is 1. The Morgan fingerprint density at radius 2 is 1.85 bits per heavy atom. The summed E-state index contributed by atoms with van der Waals surface area (Å²) in [6, 6.07) is 7.48. The topological polar surface area (TPSA) is 67.8 Å². The van der Waals surface area contributed by atoms with Crippen LogP contribution in [0, 0.1) is 0 Å². The van der Waals surface area contributed by atoms with E-state index in [-0.39, 0.29) is 24.7 Å². The first-order valence-corrected chi connectivity index (χ1v) is 7.09. The van der Waals surface area contributed by atoms with Crippen molar-refractivity contribution in [3.63, 3.8) is 0 Å². The Labute approximate surface area is 117 Å². The van der Waals surface area contributed by atoms with Crippen molar-refractivity contribution in [3.05, 3.63) is 24.3 Å². The molecule has 1 heterocycles. The van der Waals surface area contributed by atoms with Gasteiger partial charge >= 0.3 is 0 Å². The predicted octanol–water partition coefficient (Wildman–Crippen LogP) is 1.25.